The van der Waals surface area contributed by atoms with E-state index in [1.807, 2.05) is 42.7 Å². The first kappa shape index (κ1) is 23.1. The average molecular weight is 499 g/mol. The Morgan fingerprint density at radius 3 is 2.69 bits per heavy atom. The summed E-state index contributed by atoms with van der Waals surface area (Å²) in [5.74, 6) is 2.36. The van der Waals surface area contributed by atoms with E-state index in [1.165, 1.54) is 12.8 Å². The third-order valence-corrected chi connectivity index (χ3v) is 8.03. The number of anilines is 3. The Labute approximate surface area is 215 Å². The van der Waals surface area contributed by atoms with Crippen molar-refractivity contribution in [2.24, 2.45) is 5.92 Å². The minimum absolute atomic E-state index is 0.235. The van der Waals surface area contributed by atoms with E-state index < -0.39 is 0 Å². The van der Waals surface area contributed by atoms with Crippen LogP contribution >= 0.6 is 11.3 Å². The molecule has 4 heterocycles. The predicted octanol–water partition coefficient (Wildman–Crippen LogP) is 5.62. The van der Waals surface area contributed by atoms with Gasteiger partial charge in [-0.05, 0) is 49.1 Å². The molecular weight excluding hydrogens is 468 g/mol. The third-order valence-electron chi connectivity index (χ3n) is 7.13. The van der Waals surface area contributed by atoms with Crippen molar-refractivity contribution in [2.75, 3.05) is 42.9 Å². The molecule has 6 rings (SSSR count). The largest absolute Gasteiger partial charge is 0.354 e. The van der Waals surface area contributed by atoms with Gasteiger partial charge in [0.25, 0.3) is 0 Å². The van der Waals surface area contributed by atoms with Crippen molar-refractivity contribution >= 4 is 44.8 Å². The van der Waals surface area contributed by atoms with Crippen LogP contribution in [0, 0.1) is 5.92 Å². The second-order valence-corrected chi connectivity index (χ2v) is 10.6. The van der Waals surface area contributed by atoms with Crippen molar-refractivity contribution in [1.29, 1.82) is 0 Å². The Morgan fingerprint density at radius 1 is 1.08 bits per heavy atom. The number of hydrogen-bond donors (Lipinski definition) is 1. The number of Topliss-reactive ketones (excluding diaryl/α,β-unsaturated/α-hetero) is 1. The first-order valence-corrected chi connectivity index (χ1v) is 13.6. The van der Waals surface area contributed by atoms with E-state index in [-0.39, 0.29) is 5.78 Å². The van der Waals surface area contributed by atoms with Crippen LogP contribution in [-0.2, 0) is 0 Å². The zero-order valence-electron chi connectivity index (χ0n) is 20.5. The van der Waals surface area contributed by atoms with Gasteiger partial charge in [0.2, 0.25) is 5.95 Å². The topological polar surface area (TPSA) is 74.2 Å². The molecule has 0 unspecified atom stereocenters. The molecule has 2 aliphatic rings. The SMILES string of the molecule is CCN1CCN(c2ccc(Nc3ncc4scc(-c5cccc(C(=O)CC6CC6)c5)c4n3)cn2)CC1. The first-order valence-electron chi connectivity index (χ1n) is 12.7. The molecule has 0 atom stereocenters. The van der Waals surface area contributed by atoms with Crippen LogP contribution < -0.4 is 10.2 Å². The number of carbonyl (C=O) groups is 1. The number of fused-ring (bicyclic) bond motifs is 1. The molecule has 0 spiro atoms. The van der Waals surface area contributed by atoms with Crippen molar-refractivity contribution in [3.8, 4) is 11.1 Å². The Balaban J connectivity index is 1.19. The molecule has 0 bridgehead atoms. The molecule has 0 radical (unpaired) electrons. The molecule has 1 aliphatic carbocycles. The summed E-state index contributed by atoms with van der Waals surface area (Å²) in [6.45, 7) is 7.47. The van der Waals surface area contributed by atoms with E-state index in [4.69, 9.17) is 4.98 Å². The highest BCUT2D eigenvalue weighted by Crippen LogP contribution is 2.36. The highest BCUT2D eigenvalue weighted by atomic mass is 32.1. The molecule has 1 saturated carbocycles. The van der Waals surface area contributed by atoms with Gasteiger partial charge in [0.15, 0.2) is 5.78 Å². The molecular formula is C28H30N6OS. The maximum absolute atomic E-state index is 12.6. The molecule has 36 heavy (non-hydrogen) atoms. The molecule has 8 heteroatoms. The van der Waals surface area contributed by atoms with Crippen molar-refractivity contribution in [2.45, 2.75) is 26.2 Å². The molecule has 2 fully saturated rings. The Hall–Kier alpha value is -3.36. The van der Waals surface area contributed by atoms with Crippen LogP contribution in [0.15, 0.2) is 54.2 Å². The summed E-state index contributed by atoms with van der Waals surface area (Å²) < 4.78 is 1.02. The summed E-state index contributed by atoms with van der Waals surface area (Å²) in [5, 5.41) is 5.41. The lowest BCUT2D eigenvalue weighted by atomic mass is 10.0. The monoisotopic (exact) mass is 498 g/mol. The number of ketones is 1. The molecule has 1 N–H and O–H groups in total. The molecule has 1 aromatic carbocycles. The van der Waals surface area contributed by atoms with Crippen molar-refractivity contribution in [3.63, 3.8) is 0 Å². The maximum atomic E-state index is 12.6. The fourth-order valence-corrected chi connectivity index (χ4v) is 5.60. The summed E-state index contributed by atoms with van der Waals surface area (Å²) in [4.78, 5) is 31.5. The van der Waals surface area contributed by atoms with Crippen molar-refractivity contribution in [1.82, 2.24) is 19.9 Å². The van der Waals surface area contributed by atoms with Gasteiger partial charge in [0, 0.05) is 49.1 Å². The van der Waals surface area contributed by atoms with Gasteiger partial charge in [-0.25, -0.2) is 15.0 Å². The van der Waals surface area contributed by atoms with E-state index in [9.17, 15) is 4.79 Å². The number of carbonyl (C=O) groups excluding carboxylic acids is 1. The van der Waals surface area contributed by atoms with E-state index in [2.05, 4.69) is 43.5 Å². The van der Waals surface area contributed by atoms with Crippen molar-refractivity contribution < 1.29 is 4.79 Å². The fraction of sp³-hybridized carbons (Fsp3) is 0.357. The number of benzene rings is 1. The van der Waals surface area contributed by atoms with Crippen LogP contribution in [-0.4, -0.2) is 58.4 Å². The van der Waals surface area contributed by atoms with E-state index >= 15 is 0 Å². The van der Waals surface area contributed by atoms with Gasteiger partial charge < -0.3 is 15.1 Å². The predicted molar refractivity (Wildman–Crippen MR) is 146 cm³/mol. The highest BCUT2D eigenvalue weighted by Gasteiger charge is 2.25. The number of rotatable bonds is 8. The third kappa shape index (κ3) is 4.96. The van der Waals surface area contributed by atoms with Gasteiger partial charge in [-0.2, -0.15) is 0 Å². The Morgan fingerprint density at radius 2 is 1.94 bits per heavy atom. The van der Waals surface area contributed by atoms with Gasteiger partial charge in [-0.3, -0.25) is 4.79 Å². The smallest absolute Gasteiger partial charge is 0.227 e. The van der Waals surface area contributed by atoms with Gasteiger partial charge in [-0.15, -0.1) is 11.3 Å². The standard InChI is InChI=1S/C28H30N6OS/c1-2-33-10-12-34(13-11-33)26-9-8-22(16-29-26)31-28-30-17-25-27(32-28)23(18-36-25)20-4-3-5-21(15-20)24(35)14-19-6-7-19/h3-5,8-9,15-19H,2,6-7,10-14H2,1H3,(H,30,31,32). The fourth-order valence-electron chi connectivity index (χ4n) is 4.72. The summed E-state index contributed by atoms with van der Waals surface area (Å²) >= 11 is 1.62. The molecule has 1 aliphatic heterocycles. The lowest BCUT2D eigenvalue weighted by Gasteiger charge is -2.34. The van der Waals surface area contributed by atoms with Gasteiger partial charge in [0.1, 0.15) is 5.82 Å². The summed E-state index contributed by atoms with van der Waals surface area (Å²) in [7, 11) is 0. The second kappa shape index (κ2) is 9.95. The van der Waals surface area contributed by atoms with E-state index in [1.54, 1.807) is 11.3 Å². The van der Waals surface area contributed by atoms with Gasteiger partial charge in [0.05, 0.1) is 28.3 Å². The zero-order valence-corrected chi connectivity index (χ0v) is 21.3. The van der Waals surface area contributed by atoms with Crippen LogP contribution in [0.1, 0.15) is 36.5 Å². The van der Waals surface area contributed by atoms with E-state index in [0.717, 1.165) is 71.1 Å². The summed E-state index contributed by atoms with van der Waals surface area (Å²) in [5.41, 5.74) is 4.58. The normalized spacial score (nSPS) is 16.4. The highest BCUT2D eigenvalue weighted by molar-refractivity contribution is 7.17. The van der Waals surface area contributed by atoms with Crippen LogP contribution in [0.5, 0.6) is 0 Å². The zero-order chi connectivity index (χ0) is 24.5. The number of nitrogens with one attached hydrogen (secondary N) is 1. The lowest BCUT2D eigenvalue weighted by molar-refractivity contribution is 0.0976. The van der Waals surface area contributed by atoms with Crippen molar-refractivity contribution in [3.05, 3.63) is 59.7 Å². The summed E-state index contributed by atoms with van der Waals surface area (Å²) in [6.07, 6.45) is 6.73. The summed E-state index contributed by atoms with van der Waals surface area (Å²) in [6, 6.07) is 12.0. The van der Waals surface area contributed by atoms with Crippen LogP contribution in [0.25, 0.3) is 21.3 Å². The number of pyridine rings is 1. The first-order chi connectivity index (χ1) is 17.7. The van der Waals surface area contributed by atoms with Crippen LogP contribution in [0.4, 0.5) is 17.5 Å². The minimum Gasteiger partial charge on any atom is -0.354 e. The number of thiophene rings is 1. The van der Waals surface area contributed by atoms with E-state index in [0.29, 0.717) is 18.3 Å². The maximum Gasteiger partial charge on any atom is 0.227 e. The quantitative estimate of drug-likeness (QED) is 0.316. The molecule has 0 amide bonds. The molecule has 3 aromatic heterocycles. The number of aromatic nitrogens is 3. The van der Waals surface area contributed by atoms with Gasteiger partial charge >= 0.3 is 0 Å². The van der Waals surface area contributed by atoms with Crippen LogP contribution in [0.2, 0.25) is 0 Å². The Bertz CT molecular complexity index is 1370. The number of likely N-dealkylation sites (N-methyl/N-ethyl adjacent to an activating group) is 1. The lowest BCUT2D eigenvalue weighted by Crippen LogP contribution is -2.46. The minimum atomic E-state index is 0.235. The number of hydrogen-bond acceptors (Lipinski definition) is 8. The molecule has 184 valence electrons. The average Bonchev–Trinajstić information content (AvgIpc) is 3.64. The molecule has 4 aromatic rings. The molecule has 7 nitrogen and oxygen atoms in total. The number of nitrogens with zero attached hydrogens (tertiary/aromatic N) is 5. The Kier molecular flexibility index (Phi) is 6.37. The molecule has 1 saturated heterocycles. The number of piperazine rings is 1. The van der Waals surface area contributed by atoms with Gasteiger partial charge in [-0.1, -0.05) is 25.1 Å². The second-order valence-electron chi connectivity index (χ2n) is 9.66. The van der Waals surface area contributed by atoms with Crippen LogP contribution in [0.3, 0.4) is 0 Å².